The topological polar surface area (TPSA) is 67.3 Å². The number of benzene rings is 1. The Morgan fingerprint density at radius 1 is 1.32 bits per heavy atom. The van der Waals surface area contributed by atoms with Crippen LogP contribution in [0.15, 0.2) is 22.5 Å². The third kappa shape index (κ3) is 6.17. The summed E-state index contributed by atoms with van der Waals surface area (Å²) in [5, 5.41) is 22.2. The molecule has 1 unspecified atom stereocenters. The van der Waals surface area contributed by atoms with Crippen LogP contribution in [0, 0.1) is 6.92 Å². The fourth-order valence-corrected chi connectivity index (χ4v) is 3.92. The zero-order chi connectivity index (χ0) is 18.4. The first kappa shape index (κ1) is 20.0. The van der Waals surface area contributed by atoms with Crippen LogP contribution in [-0.4, -0.2) is 40.3 Å². The van der Waals surface area contributed by atoms with Crippen molar-refractivity contribution in [3.05, 3.63) is 29.3 Å². The lowest BCUT2D eigenvalue weighted by molar-refractivity contribution is 0.126. The van der Waals surface area contributed by atoms with Crippen LogP contribution in [0.4, 0.5) is 5.13 Å². The fourth-order valence-electron chi connectivity index (χ4n) is 2.17. The molecule has 2 N–H and O–H groups in total. The molecule has 5 nitrogen and oxygen atoms in total. The Kier molecular flexibility index (Phi) is 7.10. The van der Waals surface area contributed by atoms with E-state index in [-0.39, 0.29) is 12.0 Å². The van der Waals surface area contributed by atoms with Gasteiger partial charge in [0.1, 0.15) is 12.4 Å². The molecule has 1 aromatic heterocycles. The van der Waals surface area contributed by atoms with Crippen LogP contribution in [0.5, 0.6) is 5.75 Å². The van der Waals surface area contributed by atoms with Gasteiger partial charge in [-0.3, -0.25) is 0 Å². The lowest BCUT2D eigenvalue weighted by atomic mass is 9.86. The SMILES string of the molecule is CCNc1nnc(SCC(O)COc2ccc(C(C)(C)C)cc2C)s1. The van der Waals surface area contributed by atoms with E-state index in [1.165, 1.54) is 28.7 Å². The molecular weight excluding hydrogens is 354 g/mol. The van der Waals surface area contributed by atoms with Gasteiger partial charge in [0.05, 0.1) is 6.10 Å². The molecule has 2 aromatic rings. The lowest BCUT2D eigenvalue weighted by Gasteiger charge is -2.21. The monoisotopic (exact) mass is 381 g/mol. The number of aryl methyl sites for hydroxylation is 1. The average molecular weight is 382 g/mol. The van der Waals surface area contributed by atoms with Crippen molar-refractivity contribution in [1.82, 2.24) is 10.2 Å². The van der Waals surface area contributed by atoms with Crippen LogP contribution >= 0.6 is 23.1 Å². The Labute approximate surface area is 158 Å². The normalized spacial score (nSPS) is 12.9. The number of aliphatic hydroxyl groups is 1. The van der Waals surface area contributed by atoms with Gasteiger partial charge >= 0.3 is 0 Å². The molecule has 0 radical (unpaired) electrons. The van der Waals surface area contributed by atoms with Crippen molar-refractivity contribution < 1.29 is 9.84 Å². The van der Waals surface area contributed by atoms with Crippen molar-refractivity contribution in [3.63, 3.8) is 0 Å². The maximum Gasteiger partial charge on any atom is 0.206 e. The quantitative estimate of drug-likeness (QED) is 0.671. The minimum absolute atomic E-state index is 0.118. The summed E-state index contributed by atoms with van der Waals surface area (Å²) < 4.78 is 6.64. The van der Waals surface area contributed by atoms with Crippen LogP contribution in [0.3, 0.4) is 0 Å². The zero-order valence-electron chi connectivity index (χ0n) is 15.5. The largest absolute Gasteiger partial charge is 0.491 e. The predicted molar refractivity (Wildman–Crippen MR) is 106 cm³/mol. The van der Waals surface area contributed by atoms with Crippen molar-refractivity contribution in [3.8, 4) is 5.75 Å². The fraction of sp³-hybridized carbons (Fsp3) is 0.556. The van der Waals surface area contributed by atoms with E-state index in [1.54, 1.807) is 0 Å². The van der Waals surface area contributed by atoms with E-state index in [9.17, 15) is 5.11 Å². The number of thioether (sulfide) groups is 1. The molecule has 0 fully saturated rings. The number of ether oxygens (including phenoxy) is 1. The molecule has 0 aliphatic carbocycles. The minimum atomic E-state index is -0.557. The maximum absolute atomic E-state index is 10.2. The number of nitrogens with zero attached hydrogens (tertiary/aromatic N) is 2. The molecule has 1 heterocycles. The van der Waals surface area contributed by atoms with Crippen molar-refractivity contribution in [1.29, 1.82) is 0 Å². The Morgan fingerprint density at radius 2 is 2.08 bits per heavy atom. The van der Waals surface area contributed by atoms with Crippen LogP contribution in [0.25, 0.3) is 0 Å². The molecule has 138 valence electrons. The van der Waals surface area contributed by atoms with E-state index in [4.69, 9.17) is 4.74 Å². The van der Waals surface area contributed by atoms with Gasteiger partial charge in [0.2, 0.25) is 5.13 Å². The van der Waals surface area contributed by atoms with E-state index in [0.717, 1.165) is 27.3 Å². The number of rotatable bonds is 8. The van der Waals surface area contributed by atoms with Gasteiger partial charge in [-0.2, -0.15) is 0 Å². The highest BCUT2D eigenvalue weighted by Crippen LogP contribution is 2.28. The number of aliphatic hydroxyl groups excluding tert-OH is 1. The van der Waals surface area contributed by atoms with E-state index in [0.29, 0.717) is 5.75 Å². The summed E-state index contributed by atoms with van der Waals surface area (Å²) in [6.45, 7) is 11.7. The van der Waals surface area contributed by atoms with Crippen LogP contribution in [0.1, 0.15) is 38.8 Å². The summed E-state index contributed by atoms with van der Waals surface area (Å²) in [5.74, 6) is 1.35. The summed E-state index contributed by atoms with van der Waals surface area (Å²) >= 11 is 2.99. The first-order valence-corrected chi connectivity index (χ1v) is 10.2. The highest BCUT2D eigenvalue weighted by atomic mass is 32.2. The Hall–Kier alpha value is -1.31. The molecule has 7 heteroatoms. The maximum atomic E-state index is 10.2. The minimum Gasteiger partial charge on any atom is -0.491 e. The predicted octanol–water partition coefficient (Wildman–Crippen LogP) is 4.11. The molecule has 0 aliphatic rings. The van der Waals surface area contributed by atoms with E-state index in [1.807, 2.05) is 19.9 Å². The smallest absolute Gasteiger partial charge is 0.206 e. The molecule has 1 atom stereocenters. The lowest BCUT2D eigenvalue weighted by Crippen LogP contribution is -2.20. The van der Waals surface area contributed by atoms with Gasteiger partial charge in [0, 0.05) is 12.3 Å². The molecule has 25 heavy (non-hydrogen) atoms. The van der Waals surface area contributed by atoms with Gasteiger partial charge in [-0.1, -0.05) is 56.0 Å². The van der Waals surface area contributed by atoms with Gasteiger partial charge in [0.25, 0.3) is 0 Å². The van der Waals surface area contributed by atoms with Gasteiger partial charge < -0.3 is 15.2 Å². The summed E-state index contributed by atoms with van der Waals surface area (Å²) in [7, 11) is 0. The Bertz CT molecular complexity index is 683. The van der Waals surface area contributed by atoms with Crippen LogP contribution in [-0.2, 0) is 5.41 Å². The summed E-state index contributed by atoms with van der Waals surface area (Å²) in [4.78, 5) is 0. The van der Waals surface area contributed by atoms with Crippen molar-refractivity contribution in [2.45, 2.75) is 50.5 Å². The first-order valence-electron chi connectivity index (χ1n) is 8.41. The Morgan fingerprint density at radius 3 is 2.72 bits per heavy atom. The number of anilines is 1. The molecule has 0 bridgehead atoms. The third-order valence-electron chi connectivity index (χ3n) is 3.61. The standard InChI is InChI=1S/C18H27N3O2S2/c1-6-19-16-20-21-17(25-16)24-11-14(22)10-23-15-8-7-13(9-12(15)2)18(3,4)5/h7-9,14,22H,6,10-11H2,1-5H3,(H,19,20). The molecule has 0 saturated carbocycles. The molecule has 0 spiro atoms. The van der Waals surface area contributed by atoms with Gasteiger partial charge in [-0.05, 0) is 36.5 Å². The summed E-state index contributed by atoms with van der Waals surface area (Å²) in [6, 6.07) is 6.23. The summed E-state index contributed by atoms with van der Waals surface area (Å²) in [5.41, 5.74) is 2.49. The number of hydrogen-bond acceptors (Lipinski definition) is 7. The third-order valence-corrected chi connectivity index (χ3v) is 5.77. The highest BCUT2D eigenvalue weighted by molar-refractivity contribution is 8.01. The molecule has 0 saturated heterocycles. The molecular formula is C18H27N3O2S2. The van der Waals surface area contributed by atoms with E-state index in [2.05, 4.69) is 48.4 Å². The van der Waals surface area contributed by atoms with E-state index < -0.39 is 6.10 Å². The Balaban J connectivity index is 1.82. The van der Waals surface area contributed by atoms with Crippen LogP contribution in [0.2, 0.25) is 0 Å². The van der Waals surface area contributed by atoms with Crippen LogP contribution < -0.4 is 10.1 Å². The van der Waals surface area contributed by atoms with Gasteiger partial charge in [-0.25, -0.2) is 0 Å². The van der Waals surface area contributed by atoms with Crippen molar-refractivity contribution in [2.75, 3.05) is 24.2 Å². The number of hydrogen-bond donors (Lipinski definition) is 2. The zero-order valence-corrected chi connectivity index (χ0v) is 17.1. The average Bonchev–Trinajstić information content (AvgIpc) is 2.99. The second-order valence-electron chi connectivity index (χ2n) is 6.91. The van der Waals surface area contributed by atoms with Gasteiger partial charge in [-0.15, -0.1) is 10.2 Å². The second kappa shape index (κ2) is 8.87. The first-order chi connectivity index (χ1) is 11.8. The molecule has 0 aliphatic heterocycles. The molecule has 2 rings (SSSR count). The highest BCUT2D eigenvalue weighted by Gasteiger charge is 2.15. The molecule has 1 aromatic carbocycles. The number of aromatic nitrogens is 2. The second-order valence-corrected chi connectivity index (χ2v) is 9.15. The summed E-state index contributed by atoms with van der Waals surface area (Å²) in [6.07, 6.45) is -0.557. The number of nitrogens with one attached hydrogen (secondary N) is 1. The van der Waals surface area contributed by atoms with E-state index >= 15 is 0 Å². The van der Waals surface area contributed by atoms with Crippen molar-refractivity contribution >= 4 is 28.2 Å². The molecule has 0 amide bonds. The van der Waals surface area contributed by atoms with Gasteiger partial charge in [0.15, 0.2) is 4.34 Å². The van der Waals surface area contributed by atoms with Crippen molar-refractivity contribution in [2.24, 2.45) is 0 Å².